The number of nitrogens with zero attached hydrogens (tertiary/aromatic N) is 1. The van der Waals surface area contributed by atoms with E-state index in [0.29, 0.717) is 23.3 Å². The van der Waals surface area contributed by atoms with Gasteiger partial charge in [0.25, 0.3) is 5.91 Å². The fourth-order valence-corrected chi connectivity index (χ4v) is 3.00. The van der Waals surface area contributed by atoms with Gasteiger partial charge in [-0.25, -0.2) is 4.98 Å². The van der Waals surface area contributed by atoms with Crippen LogP contribution in [0.4, 0.5) is 10.9 Å². The maximum Gasteiger partial charge on any atom is 0.265 e. The number of amides is 1. The maximum absolute atomic E-state index is 12.0. The van der Waals surface area contributed by atoms with Gasteiger partial charge in [-0.3, -0.25) is 4.79 Å². The average molecular weight is 296 g/mol. The molecule has 0 saturated heterocycles. The van der Waals surface area contributed by atoms with E-state index in [0.717, 1.165) is 18.0 Å². The van der Waals surface area contributed by atoms with Crippen molar-refractivity contribution in [2.45, 2.75) is 57.9 Å². The molecule has 0 atom stereocenters. The van der Waals surface area contributed by atoms with Gasteiger partial charge in [-0.15, -0.1) is 0 Å². The molecule has 1 aliphatic rings. The number of unbranched alkanes of at least 4 members (excludes halogenated alkanes) is 3. The molecule has 1 aromatic heterocycles. The van der Waals surface area contributed by atoms with Gasteiger partial charge in [0.1, 0.15) is 10.7 Å². The van der Waals surface area contributed by atoms with Crippen LogP contribution in [-0.2, 0) is 0 Å². The van der Waals surface area contributed by atoms with Crippen molar-refractivity contribution in [3.05, 3.63) is 4.88 Å². The zero-order valence-electron chi connectivity index (χ0n) is 12.1. The van der Waals surface area contributed by atoms with Gasteiger partial charge >= 0.3 is 0 Å². The molecule has 0 bridgehead atoms. The number of hydrogen-bond acceptors (Lipinski definition) is 5. The predicted molar refractivity (Wildman–Crippen MR) is 84.3 cm³/mol. The molecule has 112 valence electrons. The molecule has 0 aliphatic heterocycles. The maximum atomic E-state index is 12.0. The number of nitrogen functional groups attached to an aromatic ring is 1. The summed E-state index contributed by atoms with van der Waals surface area (Å²) in [6.07, 6.45) is 8.22. The van der Waals surface area contributed by atoms with Gasteiger partial charge in [-0.05, 0) is 25.7 Å². The Bertz CT molecular complexity index is 442. The third-order valence-electron chi connectivity index (χ3n) is 3.61. The van der Waals surface area contributed by atoms with Crippen LogP contribution in [0.5, 0.6) is 0 Å². The van der Waals surface area contributed by atoms with Gasteiger partial charge in [0.15, 0.2) is 5.13 Å². The van der Waals surface area contributed by atoms with Gasteiger partial charge in [0.2, 0.25) is 0 Å². The van der Waals surface area contributed by atoms with Crippen molar-refractivity contribution in [2.24, 2.45) is 0 Å². The number of nitrogens with one attached hydrogen (secondary N) is 2. The van der Waals surface area contributed by atoms with Crippen molar-refractivity contribution in [3.8, 4) is 0 Å². The lowest BCUT2D eigenvalue weighted by molar-refractivity contribution is 0.0957. The Morgan fingerprint density at radius 3 is 2.85 bits per heavy atom. The molecule has 0 aromatic carbocycles. The van der Waals surface area contributed by atoms with Crippen LogP contribution in [0.15, 0.2) is 0 Å². The van der Waals surface area contributed by atoms with Crippen LogP contribution in [0.1, 0.15) is 61.5 Å². The predicted octanol–water partition coefficient (Wildman–Crippen LogP) is 3.00. The number of nitrogens with two attached hydrogens (primary N) is 1. The minimum atomic E-state index is -0.0989. The Labute approximate surface area is 124 Å². The van der Waals surface area contributed by atoms with Gasteiger partial charge in [-0.2, -0.15) is 0 Å². The molecule has 1 fully saturated rings. The molecule has 5 nitrogen and oxygen atoms in total. The number of rotatable bonds is 8. The smallest absolute Gasteiger partial charge is 0.265 e. The normalized spacial score (nSPS) is 14.8. The fourth-order valence-electron chi connectivity index (χ4n) is 2.12. The molecule has 0 radical (unpaired) electrons. The first-order valence-electron chi connectivity index (χ1n) is 7.51. The molecule has 1 amide bonds. The minimum absolute atomic E-state index is 0.0989. The first kappa shape index (κ1) is 15.1. The lowest BCUT2D eigenvalue weighted by Gasteiger charge is -2.25. The van der Waals surface area contributed by atoms with E-state index in [2.05, 4.69) is 22.5 Å². The molecule has 1 heterocycles. The first-order chi connectivity index (χ1) is 9.70. The average Bonchev–Trinajstić information content (AvgIpc) is 2.75. The summed E-state index contributed by atoms with van der Waals surface area (Å²) < 4.78 is 0. The fraction of sp³-hybridized carbons (Fsp3) is 0.714. The van der Waals surface area contributed by atoms with Gasteiger partial charge < -0.3 is 16.4 Å². The summed E-state index contributed by atoms with van der Waals surface area (Å²) in [5, 5.41) is 7.01. The van der Waals surface area contributed by atoms with Gasteiger partial charge in [0.05, 0.1) is 0 Å². The van der Waals surface area contributed by atoms with E-state index in [1.54, 1.807) is 0 Å². The van der Waals surface area contributed by atoms with Gasteiger partial charge in [-0.1, -0.05) is 37.5 Å². The zero-order chi connectivity index (χ0) is 14.4. The molecule has 6 heteroatoms. The Morgan fingerprint density at radius 2 is 2.20 bits per heavy atom. The number of carbonyl (C=O) groups is 1. The van der Waals surface area contributed by atoms with Crippen LogP contribution in [0.2, 0.25) is 0 Å². The highest BCUT2D eigenvalue weighted by atomic mass is 32.1. The molecule has 0 spiro atoms. The van der Waals surface area contributed by atoms with Gasteiger partial charge in [0, 0.05) is 12.6 Å². The molecular weight excluding hydrogens is 272 g/mol. The molecule has 1 aliphatic carbocycles. The number of aromatic nitrogens is 1. The summed E-state index contributed by atoms with van der Waals surface area (Å²) in [7, 11) is 0. The Kier molecular flexibility index (Phi) is 5.64. The highest BCUT2D eigenvalue weighted by Crippen LogP contribution is 2.29. The van der Waals surface area contributed by atoms with Crippen molar-refractivity contribution in [1.29, 1.82) is 0 Å². The number of thiazole rings is 1. The quantitative estimate of drug-likeness (QED) is 0.644. The van der Waals surface area contributed by atoms with E-state index in [9.17, 15) is 4.79 Å². The Morgan fingerprint density at radius 1 is 1.40 bits per heavy atom. The molecule has 20 heavy (non-hydrogen) atoms. The summed E-state index contributed by atoms with van der Waals surface area (Å²) >= 11 is 1.35. The van der Waals surface area contributed by atoms with Crippen LogP contribution >= 0.6 is 11.3 Å². The number of hydrogen-bond donors (Lipinski definition) is 3. The second-order valence-corrected chi connectivity index (χ2v) is 6.32. The third kappa shape index (κ3) is 4.10. The van der Waals surface area contributed by atoms with Crippen molar-refractivity contribution >= 4 is 28.2 Å². The zero-order valence-corrected chi connectivity index (χ0v) is 12.9. The number of anilines is 2. The Hall–Kier alpha value is -1.30. The number of carbonyl (C=O) groups excluding carboxylic acids is 1. The van der Waals surface area contributed by atoms with Crippen molar-refractivity contribution in [2.75, 3.05) is 17.6 Å². The molecular formula is C14H24N4OS. The van der Waals surface area contributed by atoms with Crippen molar-refractivity contribution < 1.29 is 4.79 Å². The highest BCUT2D eigenvalue weighted by Gasteiger charge is 2.21. The molecule has 0 unspecified atom stereocenters. The third-order valence-corrected chi connectivity index (χ3v) is 4.61. The van der Waals surface area contributed by atoms with E-state index < -0.39 is 0 Å². The van der Waals surface area contributed by atoms with Crippen LogP contribution < -0.4 is 16.4 Å². The second kappa shape index (κ2) is 7.47. The molecule has 1 aromatic rings. The summed E-state index contributed by atoms with van der Waals surface area (Å²) in [4.78, 5) is 16.8. The molecule has 4 N–H and O–H groups in total. The van der Waals surface area contributed by atoms with Crippen molar-refractivity contribution in [3.63, 3.8) is 0 Å². The standard InChI is InChI=1S/C14H24N4OS/c1-2-3-4-5-9-16-13(19)11-12(15)18-14(20-11)17-10-7-6-8-10/h10H,2-9,15H2,1H3,(H,16,19)(H,17,18). The molecule has 1 saturated carbocycles. The lowest BCUT2D eigenvalue weighted by Crippen LogP contribution is -2.26. The topological polar surface area (TPSA) is 80.0 Å². The van der Waals surface area contributed by atoms with Crippen molar-refractivity contribution in [1.82, 2.24) is 10.3 Å². The summed E-state index contributed by atoms with van der Waals surface area (Å²) in [6.45, 7) is 2.88. The minimum Gasteiger partial charge on any atom is -0.382 e. The largest absolute Gasteiger partial charge is 0.382 e. The lowest BCUT2D eigenvalue weighted by atomic mass is 9.93. The summed E-state index contributed by atoms with van der Waals surface area (Å²) in [6, 6.07) is 0.505. The van der Waals surface area contributed by atoms with E-state index in [4.69, 9.17) is 5.73 Å². The highest BCUT2D eigenvalue weighted by molar-refractivity contribution is 7.18. The van der Waals surface area contributed by atoms with E-state index >= 15 is 0 Å². The van der Waals surface area contributed by atoms with Crippen LogP contribution in [0, 0.1) is 0 Å². The molecule has 2 rings (SSSR count). The van der Waals surface area contributed by atoms with E-state index in [-0.39, 0.29) is 5.91 Å². The van der Waals surface area contributed by atoms with Crippen LogP contribution in [-0.4, -0.2) is 23.5 Å². The summed E-state index contributed by atoms with van der Waals surface area (Å²) in [5.41, 5.74) is 5.83. The van der Waals surface area contributed by atoms with Crippen LogP contribution in [0.25, 0.3) is 0 Å². The summed E-state index contributed by atoms with van der Waals surface area (Å²) in [5.74, 6) is 0.237. The monoisotopic (exact) mass is 296 g/mol. The second-order valence-electron chi connectivity index (χ2n) is 5.32. The SMILES string of the molecule is CCCCCCNC(=O)c1sc(NC2CCC2)nc1N. The van der Waals surface area contributed by atoms with E-state index in [1.165, 1.54) is 43.4 Å². The Balaban J connectivity index is 1.79. The van der Waals surface area contributed by atoms with E-state index in [1.807, 2.05) is 0 Å². The van der Waals surface area contributed by atoms with Crippen LogP contribution in [0.3, 0.4) is 0 Å². The first-order valence-corrected chi connectivity index (χ1v) is 8.33.